The fraction of sp³-hybridized carbons (Fsp3) is 0.263. The van der Waals surface area contributed by atoms with Crippen LogP contribution in [-0.4, -0.2) is 18.0 Å². The Kier molecular flexibility index (Phi) is 5.92. The Morgan fingerprint density at radius 1 is 1.00 bits per heavy atom. The van der Waals surface area contributed by atoms with Gasteiger partial charge in [0.15, 0.2) is 0 Å². The Morgan fingerprint density at radius 2 is 1.61 bits per heavy atom. The van der Waals surface area contributed by atoms with Gasteiger partial charge in [0, 0.05) is 5.56 Å². The third-order valence-corrected chi connectivity index (χ3v) is 3.59. The Bertz CT molecular complexity index is 664. The van der Waals surface area contributed by atoms with Crippen molar-refractivity contribution in [3.63, 3.8) is 0 Å². The molecule has 23 heavy (non-hydrogen) atoms. The number of aryl methyl sites for hydroxylation is 1. The summed E-state index contributed by atoms with van der Waals surface area (Å²) in [5.41, 5.74) is 1.13. The van der Waals surface area contributed by atoms with E-state index >= 15 is 0 Å². The molecule has 0 aliphatic rings. The lowest BCUT2D eigenvalue weighted by Gasteiger charge is -2.15. The number of benzene rings is 2. The summed E-state index contributed by atoms with van der Waals surface area (Å²) >= 11 is 0. The van der Waals surface area contributed by atoms with Gasteiger partial charge in [-0.25, -0.2) is 4.79 Å². The summed E-state index contributed by atoms with van der Waals surface area (Å²) < 4.78 is 5.34. The first-order chi connectivity index (χ1) is 11.1. The number of aromatic carboxylic acids is 1. The lowest BCUT2D eigenvalue weighted by molar-refractivity contribution is -0.255. The van der Waals surface area contributed by atoms with Gasteiger partial charge in [-0.05, 0) is 37.8 Å². The molecule has 1 atom stereocenters. The maximum atomic E-state index is 12.1. The van der Waals surface area contributed by atoms with Crippen LogP contribution in [0.2, 0.25) is 0 Å². The zero-order chi connectivity index (χ0) is 16.7. The van der Waals surface area contributed by atoms with Crippen molar-refractivity contribution in [3.05, 3.63) is 71.3 Å². The highest BCUT2D eigenvalue weighted by molar-refractivity contribution is 6.01. The molecule has 4 heteroatoms. The number of carbonyl (C=O) groups is 2. The van der Waals surface area contributed by atoms with E-state index in [4.69, 9.17) is 4.74 Å². The highest BCUT2D eigenvalue weighted by Gasteiger charge is 2.15. The van der Waals surface area contributed by atoms with Crippen LogP contribution in [0.1, 0.15) is 46.0 Å². The molecule has 1 unspecified atom stereocenters. The van der Waals surface area contributed by atoms with Crippen LogP contribution in [-0.2, 0) is 11.2 Å². The lowest BCUT2D eigenvalue weighted by atomic mass is 10.1. The quantitative estimate of drug-likeness (QED) is 0.737. The van der Waals surface area contributed by atoms with Gasteiger partial charge >= 0.3 is 5.97 Å². The highest BCUT2D eigenvalue weighted by Crippen LogP contribution is 2.13. The molecule has 0 aromatic heterocycles. The molecular formula is C19H19O4-. The van der Waals surface area contributed by atoms with Crippen LogP contribution in [0.5, 0.6) is 0 Å². The summed E-state index contributed by atoms with van der Waals surface area (Å²) in [4.78, 5) is 23.1. The molecule has 0 heterocycles. The maximum absolute atomic E-state index is 12.1. The zero-order valence-corrected chi connectivity index (χ0v) is 13.0. The van der Waals surface area contributed by atoms with Crippen molar-refractivity contribution in [2.45, 2.75) is 32.3 Å². The molecule has 0 bridgehead atoms. The van der Waals surface area contributed by atoms with Crippen LogP contribution in [0.4, 0.5) is 0 Å². The normalized spacial score (nSPS) is 11.7. The molecule has 0 radical (unpaired) electrons. The van der Waals surface area contributed by atoms with Gasteiger partial charge in [0.2, 0.25) is 0 Å². The van der Waals surface area contributed by atoms with Gasteiger partial charge in [-0.1, -0.05) is 48.5 Å². The largest absolute Gasteiger partial charge is 0.545 e. The first kappa shape index (κ1) is 16.7. The van der Waals surface area contributed by atoms with Crippen LogP contribution in [0, 0.1) is 0 Å². The van der Waals surface area contributed by atoms with Crippen molar-refractivity contribution in [1.29, 1.82) is 0 Å². The molecule has 0 amide bonds. The van der Waals surface area contributed by atoms with Crippen LogP contribution >= 0.6 is 0 Å². The van der Waals surface area contributed by atoms with Crippen molar-refractivity contribution in [2.75, 3.05) is 0 Å². The van der Waals surface area contributed by atoms with Gasteiger partial charge in [-0.3, -0.25) is 0 Å². The van der Waals surface area contributed by atoms with E-state index in [2.05, 4.69) is 12.1 Å². The number of ether oxygens (including phenoxy) is 1. The predicted octanol–water partition coefficient (Wildman–Crippen LogP) is 2.62. The average Bonchev–Trinajstić information content (AvgIpc) is 2.55. The van der Waals surface area contributed by atoms with E-state index < -0.39 is 11.9 Å². The monoisotopic (exact) mass is 311 g/mol. The summed E-state index contributed by atoms with van der Waals surface area (Å²) in [5, 5.41) is 11.0. The highest BCUT2D eigenvalue weighted by atomic mass is 16.5. The predicted molar refractivity (Wildman–Crippen MR) is 85.0 cm³/mol. The number of carboxylic acid groups (broad SMARTS) is 1. The Hall–Kier alpha value is -2.62. The lowest BCUT2D eigenvalue weighted by Crippen LogP contribution is -2.26. The Balaban J connectivity index is 1.86. The first-order valence-corrected chi connectivity index (χ1v) is 7.63. The van der Waals surface area contributed by atoms with Gasteiger partial charge in [-0.15, -0.1) is 0 Å². The van der Waals surface area contributed by atoms with Gasteiger partial charge in [0.25, 0.3) is 0 Å². The van der Waals surface area contributed by atoms with Crippen molar-refractivity contribution < 1.29 is 19.4 Å². The molecule has 0 aliphatic heterocycles. The second kappa shape index (κ2) is 8.13. The molecule has 120 valence electrons. The molecular weight excluding hydrogens is 292 g/mol. The summed E-state index contributed by atoms with van der Waals surface area (Å²) in [6.07, 6.45) is 2.24. The standard InChI is InChI=1S/C19H20O4/c1-14(8-7-11-15-9-3-2-4-10-15)23-19(22)17-13-6-5-12-16(17)18(20)21/h2-6,9-10,12-14H,7-8,11H2,1H3,(H,20,21)/p-1. The van der Waals surface area contributed by atoms with Crippen LogP contribution in [0.3, 0.4) is 0 Å². The summed E-state index contributed by atoms with van der Waals surface area (Å²) in [6, 6.07) is 16.0. The minimum Gasteiger partial charge on any atom is -0.545 e. The SMILES string of the molecule is CC(CCCc1ccccc1)OC(=O)c1ccccc1C(=O)[O-]. The fourth-order valence-electron chi connectivity index (χ4n) is 2.38. The fourth-order valence-corrected chi connectivity index (χ4v) is 2.38. The third kappa shape index (κ3) is 4.95. The number of hydrogen-bond donors (Lipinski definition) is 0. The van der Waals surface area contributed by atoms with Crippen molar-refractivity contribution >= 4 is 11.9 Å². The van der Waals surface area contributed by atoms with E-state index in [0.717, 1.165) is 12.8 Å². The minimum atomic E-state index is -1.38. The van der Waals surface area contributed by atoms with E-state index in [1.165, 1.54) is 17.7 Å². The maximum Gasteiger partial charge on any atom is 0.339 e. The summed E-state index contributed by atoms with van der Waals surface area (Å²) in [6.45, 7) is 1.81. The van der Waals surface area contributed by atoms with Gasteiger partial charge < -0.3 is 14.6 Å². The average molecular weight is 311 g/mol. The van der Waals surface area contributed by atoms with E-state index in [1.807, 2.05) is 25.1 Å². The van der Waals surface area contributed by atoms with E-state index in [9.17, 15) is 14.7 Å². The number of carbonyl (C=O) groups excluding carboxylic acids is 2. The van der Waals surface area contributed by atoms with E-state index in [0.29, 0.717) is 6.42 Å². The molecule has 0 spiro atoms. The van der Waals surface area contributed by atoms with Gasteiger partial charge in [0.05, 0.1) is 17.6 Å². The first-order valence-electron chi connectivity index (χ1n) is 7.63. The molecule has 0 aliphatic carbocycles. The molecule has 2 aromatic carbocycles. The van der Waals surface area contributed by atoms with E-state index in [1.54, 1.807) is 12.1 Å². The Morgan fingerprint density at radius 3 is 2.26 bits per heavy atom. The second-order valence-electron chi connectivity index (χ2n) is 5.43. The number of rotatable bonds is 7. The van der Waals surface area contributed by atoms with Crippen molar-refractivity contribution in [1.82, 2.24) is 0 Å². The van der Waals surface area contributed by atoms with Crippen LogP contribution in [0.25, 0.3) is 0 Å². The number of hydrogen-bond acceptors (Lipinski definition) is 4. The van der Waals surface area contributed by atoms with Crippen LogP contribution < -0.4 is 5.11 Å². The smallest absolute Gasteiger partial charge is 0.339 e. The minimum absolute atomic E-state index is 0.0300. The number of esters is 1. The van der Waals surface area contributed by atoms with E-state index in [-0.39, 0.29) is 17.2 Å². The van der Waals surface area contributed by atoms with Gasteiger partial charge in [0.1, 0.15) is 0 Å². The van der Waals surface area contributed by atoms with Crippen molar-refractivity contribution in [2.24, 2.45) is 0 Å². The molecule has 2 rings (SSSR count). The Labute approximate surface area is 135 Å². The summed E-state index contributed by atoms with van der Waals surface area (Å²) in [5.74, 6) is -2.01. The van der Waals surface area contributed by atoms with Crippen LogP contribution in [0.15, 0.2) is 54.6 Å². The third-order valence-electron chi connectivity index (χ3n) is 3.59. The van der Waals surface area contributed by atoms with Crippen molar-refractivity contribution in [3.8, 4) is 0 Å². The molecule has 0 saturated carbocycles. The molecule has 0 fully saturated rings. The molecule has 2 aromatic rings. The molecule has 0 saturated heterocycles. The summed E-state index contributed by atoms with van der Waals surface area (Å²) in [7, 11) is 0. The topological polar surface area (TPSA) is 66.4 Å². The molecule has 0 N–H and O–H groups in total. The number of carboxylic acids is 1. The second-order valence-corrected chi connectivity index (χ2v) is 5.43. The molecule has 4 nitrogen and oxygen atoms in total. The van der Waals surface area contributed by atoms with Gasteiger partial charge in [-0.2, -0.15) is 0 Å². The zero-order valence-electron chi connectivity index (χ0n) is 13.0.